The number of H-pyrrole nitrogens is 1. The van der Waals surface area contributed by atoms with E-state index in [0.717, 1.165) is 37.1 Å². The SMILES string of the molecule is CCN(c1cc(-c2ccncc2)c[nH]c1=O)C1CCCN(C(=O)/C=C/CN(C)C)C1. The maximum absolute atomic E-state index is 12.7. The lowest BCUT2D eigenvalue weighted by Gasteiger charge is -2.39. The normalized spacial score (nSPS) is 16.9. The minimum atomic E-state index is -0.107. The average Bonchev–Trinajstić information content (AvgIpc) is 2.76. The van der Waals surface area contributed by atoms with Gasteiger partial charge in [-0.15, -0.1) is 0 Å². The molecule has 1 fully saturated rings. The van der Waals surface area contributed by atoms with Crippen molar-refractivity contribution in [3.05, 3.63) is 59.3 Å². The molecule has 1 aliphatic rings. The fourth-order valence-corrected chi connectivity index (χ4v) is 3.90. The Morgan fingerprint density at radius 1 is 1.30 bits per heavy atom. The summed E-state index contributed by atoms with van der Waals surface area (Å²) in [7, 11) is 3.95. The topological polar surface area (TPSA) is 72.5 Å². The smallest absolute Gasteiger partial charge is 0.271 e. The lowest BCUT2D eigenvalue weighted by Crippen LogP contribution is -2.50. The molecule has 1 atom stereocenters. The van der Waals surface area contributed by atoms with Crippen molar-refractivity contribution in [3.63, 3.8) is 0 Å². The van der Waals surface area contributed by atoms with Crippen molar-refractivity contribution in [2.45, 2.75) is 25.8 Å². The van der Waals surface area contributed by atoms with E-state index in [9.17, 15) is 9.59 Å². The van der Waals surface area contributed by atoms with Crippen LogP contribution in [0.4, 0.5) is 5.69 Å². The van der Waals surface area contributed by atoms with Gasteiger partial charge in [-0.25, -0.2) is 0 Å². The van der Waals surface area contributed by atoms with Gasteiger partial charge in [-0.05, 0) is 57.6 Å². The Bertz CT molecular complexity index is 923. The van der Waals surface area contributed by atoms with Gasteiger partial charge in [0, 0.05) is 62.5 Å². The minimum Gasteiger partial charge on any atom is -0.363 e. The van der Waals surface area contributed by atoms with Gasteiger partial charge in [0.15, 0.2) is 0 Å². The molecule has 160 valence electrons. The fraction of sp³-hybridized carbons (Fsp3) is 0.435. The van der Waals surface area contributed by atoms with Crippen LogP contribution in [0.2, 0.25) is 0 Å². The van der Waals surface area contributed by atoms with E-state index in [0.29, 0.717) is 18.8 Å². The zero-order chi connectivity index (χ0) is 21.5. The summed E-state index contributed by atoms with van der Waals surface area (Å²) >= 11 is 0. The summed E-state index contributed by atoms with van der Waals surface area (Å²) in [6.07, 6.45) is 10.7. The molecule has 0 saturated carbocycles. The van der Waals surface area contributed by atoms with E-state index in [1.165, 1.54) is 0 Å². The minimum absolute atomic E-state index is 0.0389. The molecule has 0 aliphatic carbocycles. The van der Waals surface area contributed by atoms with Crippen molar-refractivity contribution in [1.82, 2.24) is 19.8 Å². The molecule has 3 heterocycles. The number of carbonyl (C=O) groups excluding carboxylic acids is 1. The van der Waals surface area contributed by atoms with E-state index in [4.69, 9.17) is 0 Å². The van der Waals surface area contributed by atoms with Crippen molar-refractivity contribution in [3.8, 4) is 11.1 Å². The quantitative estimate of drug-likeness (QED) is 0.711. The Kier molecular flexibility index (Phi) is 7.41. The highest BCUT2D eigenvalue weighted by molar-refractivity contribution is 5.87. The Balaban J connectivity index is 1.79. The first-order chi connectivity index (χ1) is 14.5. The van der Waals surface area contributed by atoms with Gasteiger partial charge in [0.1, 0.15) is 5.69 Å². The third kappa shape index (κ3) is 5.36. The molecule has 7 heteroatoms. The average molecular weight is 410 g/mol. The van der Waals surface area contributed by atoms with E-state index in [1.54, 1.807) is 24.7 Å². The summed E-state index contributed by atoms with van der Waals surface area (Å²) in [5, 5.41) is 0. The number of nitrogens with one attached hydrogen (secondary N) is 1. The van der Waals surface area contributed by atoms with Crippen LogP contribution in [-0.2, 0) is 4.79 Å². The van der Waals surface area contributed by atoms with Crippen LogP contribution in [0.15, 0.2) is 53.7 Å². The number of carbonyl (C=O) groups is 1. The van der Waals surface area contributed by atoms with Gasteiger partial charge in [-0.2, -0.15) is 0 Å². The number of piperidine rings is 1. The van der Waals surface area contributed by atoms with Crippen LogP contribution in [0.1, 0.15) is 19.8 Å². The van der Waals surface area contributed by atoms with Crippen molar-refractivity contribution < 1.29 is 4.79 Å². The monoisotopic (exact) mass is 409 g/mol. The zero-order valence-corrected chi connectivity index (χ0v) is 18.0. The maximum atomic E-state index is 12.7. The molecule has 0 aromatic carbocycles. The molecule has 0 bridgehead atoms. The first-order valence-electron chi connectivity index (χ1n) is 10.5. The van der Waals surface area contributed by atoms with Gasteiger partial charge >= 0.3 is 0 Å². The molecule has 2 aromatic heterocycles. The third-order valence-electron chi connectivity index (χ3n) is 5.43. The van der Waals surface area contributed by atoms with Gasteiger partial charge in [0.25, 0.3) is 5.56 Å². The van der Waals surface area contributed by atoms with Gasteiger partial charge in [0.2, 0.25) is 5.91 Å². The lowest BCUT2D eigenvalue weighted by molar-refractivity contribution is -0.127. The summed E-state index contributed by atoms with van der Waals surface area (Å²) < 4.78 is 0. The standard InChI is InChI=1S/C23H31N5O2/c1-4-28(20-7-5-14-27(17-20)22(29)8-6-13-26(2)3)21-15-19(16-25-23(21)30)18-9-11-24-12-10-18/h6,8-12,15-16,20H,4-5,7,13-14,17H2,1-3H3,(H,25,30)/b8-6+. The van der Waals surface area contributed by atoms with E-state index in [1.807, 2.05) is 48.2 Å². The molecule has 0 spiro atoms. The molecular weight excluding hydrogens is 378 g/mol. The fourth-order valence-electron chi connectivity index (χ4n) is 3.90. The summed E-state index contributed by atoms with van der Waals surface area (Å²) in [6.45, 7) is 4.87. The highest BCUT2D eigenvalue weighted by Crippen LogP contribution is 2.25. The van der Waals surface area contributed by atoms with Crippen molar-refractivity contribution in [2.24, 2.45) is 0 Å². The Hall–Kier alpha value is -2.93. The van der Waals surface area contributed by atoms with Crippen molar-refractivity contribution in [1.29, 1.82) is 0 Å². The Morgan fingerprint density at radius 3 is 2.77 bits per heavy atom. The highest BCUT2D eigenvalue weighted by atomic mass is 16.2. The summed E-state index contributed by atoms with van der Waals surface area (Å²) in [4.78, 5) is 38.3. The zero-order valence-electron chi connectivity index (χ0n) is 18.0. The van der Waals surface area contributed by atoms with Crippen molar-refractivity contribution >= 4 is 11.6 Å². The Morgan fingerprint density at radius 2 is 2.07 bits per heavy atom. The van der Waals surface area contributed by atoms with Gasteiger partial charge in [-0.1, -0.05) is 6.08 Å². The predicted molar refractivity (Wildman–Crippen MR) is 121 cm³/mol. The number of likely N-dealkylation sites (N-methyl/N-ethyl adjacent to an activating group) is 2. The number of nitrogens with zero attached hydrogens (tertiary/aromatic N) is 4. The number of pyridine rings is 2. The van der Waals surface area contributed by atoms with Gasteiger partial charge in [-0.3, -0.25) is 14.6 Å². The molecule has 0 radical (unpaired) electrons. The van der Waals surface area contributed by atoms with Crippen LogP contribution < -0.4 is 10.5 Å². The molecule has 1 unspecified atom stereocenters. The molecule has 1 N–H and O–H groups in total. The second-order valence-corrected chi connectivity index (χ2v) is 7.87. The number of anilines is 1. The number of rotatable bonds is 7. The maximum Gasteiger partial charge on any atom is 0.271 e. The number of amides is 1. The number of aromatic nitrogens is 2. The van der Waals surface area contributed by atoms with E-state index in [2.05, 4.69) is 21.8 Å². The molecule has 3 rings (SSSR count). The second kappa shape index (κ2) is 10.2. The highest BCUT2D eigenvalue weighted by Gasteiger charge is 2.28. The second-order valence-electron chi connectivity index (χ2n) is 7.87. The van der Waals surface area contributed by atoms with E-state index < -0.39 is 0 Å². The molecule has 7 nitrogen and oxygen atoms in total. The summed E-state index contributed by atoms with van der Waals surface area (Å²) in [5.41, 5.74) is 2.49. The van der Waals surface area contributed by atoms with E-state index >= 15 is 0 Å². The predicted octanol–water partition coefficient (Wildman–Crippen LogP) is 2.37. The summed E-state index contributed by atoms with van der Waals surface area (Å²) in [5.74, 6) is 0.0389. The molecule has 1 aliphatic heterocycles. The molecular formula is C23H31N5O2. The lowest BCUT2D eigenvalue weighted by atomic mass is 10.0. The van der Waals surface area contributed by atoms with Crippen LogP contribution >= 0.6 is 0 Å². The first kappa shape index (κ1) is 21.8. The van der Waals surface area contributed by atoms with Crippen LogP contribution in [0, 0.1) is 0 Å². The number of aromatic amines is 1. The molecule has 2 aromatic rings. The van der Waals surface area contributed by atoms with E-state index in [-0.39, 0.29) is 17.5 Å². The van der Waals surface area contributed by atoms with Gasteiger partial charge < -0.3 is 19.7 Å². The van der Waals surface area contributed by atoms with Gasteiger partial charge in [0.05, 0.1) is 0 Å². The first-order valence-corrected chi connectivity index (χ1v) is 10.5. The molecule has 1 amide bonds. The third-order valence-corrected chi connectivity index (χ3v) is 5.43. The molecule has 30 heavy (non-hydrogen) atoms. The van der Waals surface area contributed by atoms with Crippen LogP contribution in [0.25, 0.3) is 11.1 Å². The number of hydrogen-bond donors (Lipinski definition) is 1. The van der Waals surface area contributed by atoms with Crippen molar-refractivity contribution in [2.75, 3.05) is 45.2 Å². The number of hydrogen-bond acceptors (Lipinski definition) is 5. The van der Waals surface area contributed by atoms with Crippen LogP contribution in [-0.4, -0.2) is 72.0 Å². The Labute approximate surface area is 178 Å². The largest absolute Gasteiger partial charge is 0.363 e. The van der Waals surface area contributed by atoms with Crippen LogP contribution in [0.5, 0.6) is 0 Å². The summed E-state index contributed by atoms with van der Waals surface area (Å²) in [6, 6.07) is 5.91. The van der Waals surface area contributed by atoms with Crippen LogP contribution in [0.3, 0.4) is 0 Å². The molecule has 1 saturated heterocycles. The number of likely N-dealkylation sites (tertiary alicyclic amines) is 1.